The minimum absolute atomic E-state index is 0.168. The second-order valence-corrected chi connectivity index (χ2v) is 7.77. The Morgan fingerprint density at radius 2 is 1.87 bits per heavy atom. The molecule has 0 radical (unpaired) electrons. The molecule has 0 saturated heterocycles. The van der Waals surface area contributed by atoms with Crippen LogP contribution in [0.2, 0.25) is 5.02 Å². The van der Waals surface area contributed by atoms with Gasteiger partial charge in [-0.1, -0.05) is 23.2 Å². The summed E-state index contributed by atoms with van der Waals surface area (Å²) in [4.78, 5) is 0.168. The fourth-order valence-corrected chi connectivity index (χ4v) is 4.19. The fraction of sp³-hybridized carbons (Fsp3) is 0.176. The van der Waals surface area contributed by atoms with Gasteiger partial charge in [-0.05, 0) is 49.7 Å². The third-order valence-electron chi connectivity index (χ3n) is 3.87. The Labute approximate surface area is 140 Å². The molecule has 1 N–H and O–H groups in total. The molecule has 4 nitrogen and oxygen atoms in total. The zero-order valence-corrected chi connectivity index (χ0v) is 14.3. The maximum absolute atomic E-state index is 13.0. The SMILES string of the molecule is Cc1ccc2c(c1)c(CO)cn2S(=O)(=O)c1ccc(Cl)c(C)c1. The normalized spacial score (nSPS) is 12.0. The van der Waals surface area contributed by atoms with Gasteiger partial charge in [0.2, 0.25) is 0 Å². The van der Waals surface area contributed by atoms with Crippen LogP contribution in [0.5, 0.6) is 0 Å². The van der Waals surface area contributed by atoms with Crippen LogP contribution in [0.4, 0.5) is 0 Å². The van der Waals surface area contributed by atoms with Crippen molar-refractivity contribution >= 4 is 32.5 Å². The number of nitrogens with zero attached hydrogens (tertiary/aromatic N) is 1. The van der Waals surface area contributed by atoms with Crippen LogP contribution in [0.3, 0.4) is 0 Å². The molecule has 0 aliphatic heterocycles. The summed E-state index contributed by atoms with van der Waals surface area (Å²) >= 11 is 5.98. The molecule has 0 aliphatic carbocycles. The summed E-state index contributed by atoms with van der Waals surface area (Å²) in [6.45, 7) is 3.47. The highest BCUT2D eigenvalue weighted by atomic mass is 35.5. The van der Waals surface area contributed by atoms with E-state index in [1.54, 1.807) is 25.1 Å². The van der Waals surface area contributed by atoms with E-state index in [1.165, 1.54) is 16.2 Å². The molecule has 6 heteroatoms. The highest BCUT2D eigenvalue weighted by Gasteiger charge is 2.21. The Morgan fingerprint density at radius 3 is 2.52 bits per heavy atom. The van der Waals surface area contributed by atoms with Gasteiger partial charge in [-0.25, -0.2) is 12.4 Å². The first kappa shape index (κ1) is 16.1. The average molecular weight is 350 g/mol. The van der Waals surface area contributed by atoms with E-state index in [1.807, 2.05) is 19.1 Å². The van der Waals surface area contributed by atoms with Gasteiger partial charge in [-0.15, -0.1) is 0 Å². The van der Waals surface area contributed by atoms with Crippen LogP contribution in [-0.2, 0) is 16.6 Å². The van der Waals surface area contributed by atoms with Crippen molar-refractivity contribution in [3.63, 3.8) is 0 Å². The number of hydrogen-bond acceptors (Lipinski definition) is 3. The van der Waals surface area contributed by atoms with Crippen molar-refractivity contribution in [1.82, 2.24) is 3.97 Å². The maximum Gasteiger partial charge on any atom is 0.268 e. The number of halogens is 1. The maximum atomic E-state index is 13.0. The van der Waals surface area contributed by atoms with Crippen LogP contribution in [0.1, 0.15) is 16.7 Å². The predicted molar refractivity (Wildman–Crippen MR) is 91.4 cm³/mol. The van der Waals surface area contributed by atoms with Gasteiger partial charge < -0.3 is 5.11 Å². The molecule has 0 saturated carbocycles. The number of rotatable bonds is 3. The van der Waals surface area contributed by atoms with Crippen molar-refractivity contribution in [3.8, 4) is 0 Å². The molecule has 0 aliphatic rings. The lowest BCUT2D eigenvalue weighted by molar-refractivity contribution is 0.283. The smallest absolute Gasteiger partial charge is 0.268 e. The van der Waals surface area contributed by atoms with Crippen molar-refractivity contribution < 1.29 is 13.5 Å². The van der Waals surface area contributed by atoms with Gasteiger partial charge in [0.1, 0.15) is 0 Å². The van der Waals surface area contributed by atoms with Crippen molar-refractivity contribution in [2.75, 3.05) is 0 Å². The molecule has 0 fully saturated rings. The monoisotopic (exact) mass is 349 g/mol. The van der Waals surface area contributed by atoms with E-state index in [2.05, 4.69) is 0 Å². The van der Waals surface area contributed by atoms with Crippen molar-refractivity contribution in [2.45, 2.75) is 25.3 Å². The zero-order valence-electron chi connectivity index (χ0n) is 12.7. The number of aliphatic hydroxyl groups excluding tert-OH is 1. The number of aliphatic hydroxyl groups is 1. The molecule has 3 rings (SSSR count). The van der Waals surface area contributed by atoms with Gasteiger partial charge in [-0.2, -0.15) is 0 Å². The van der Waals surface area contributed by atoms with Gasteiger partial charge in [0.25, 0.3) is 10.0 Å². The van der Waals surface area contributed by atoms with Gasteiger partial charge >= 0.3 is 0 Å². The van der Waals surface area contributed by atoms with E-state index < -0.39 is 10.0 Å². The highest BCUT2D eigenvalue weighted by Crippen LogP contribution is 2.28. The van der Waals surface area contributed by atoms with Crippen LogP contribution < -0.4 is 0 Å². The third-order valence-corrected chi connectivity index (χ3v) is 5.96. The minimum atomic E-state index is -3.76. The molecule has 0 spiro atoms. The molecule has 23 heavy (non-hydrogen) atoms. The minimum Gasteiger partial charge on any atom is -0.392 e. The molecule has 1 aromatic heterocycles. The molecule has 1 heterocycles. The summed E-state index contributed by atoms with van der Waals surface area (Å²) in [6.07, 6.45) is 1.48. The number of hydrogen-bond donors (Lipinski definition) is 1. The molecule has 0 amide bonds. The summed E-state index contributed by atoms with van der Waals surface area (Å²) in [6, 6.07) is 10.1. The second kappa shape index (κ2) is 5.67. The van der Waals surface area contributed by atoms with Gasteiger partial charge in [0, 0.05) is 22.2 Å². The molecule has 2 aromatic carbocycles. The first-order chi connectivity index (χ1) is 10.8. The van der Waals surface area contributed by atoms with Crippen LogP contribution in [0.15, 0.2) is 47.5 Å². The van der Waals surface area contributed by atoms with E-state index in [-0.39, 0.29) is 11.5 Å². The van der Waals surface area contributed by atoms with Gasteiger partial charge in [0.15, 0.2) is 0 Å². The Hall–Kier alpha value is -1.82. The van der Waals surface area contributed by atoms with E-state index >= 15 is 0 Å². The number of aromatic nitrogens is 1. The highest BCUT2D eigenvalue weighted by molar-refractivity contribution is 7.90. The topological polar surface area (TPSA) is 59.3 Å². The third kappa shape index (κ3) is 2.65. The number of benzene rings is 2. The fourth-order valence-electron chi connectivity index (χ4n) is 2.60. The first-order valence-corrected chi connectivity index (χ1v) is 8.89. The largest absolute Gasteiger partial charge is 0.392 e. The summed E-state index contributed by atoms with van der Waals surface area (Å²) in [5.41, 5.74) is 2.83. The summed E-state index contributed by atoms with van der Waals surface area (Å²) in [5, 5.41) is 10.8. The summed E-state index contributed by atoms with van der Waals surface area (Å²) in [7, 11) is -3.76. The Balaban J connectivity index is 2.28. The van der Waals surface area contributed by atoms with Crippen LogP contribution in [0.25, 0.3) is 10.9 Å². The molecule has 0 atom stereocenters. The first-order valence-electron chi connectivity index (χ1n) is 7.08. The van der Waals surface area contributed by atoms with E-state index in [9.17, 15) is 13.5 Å². The standard InChI is InChI=1S/C17H16ClNO3S/c1-11-3-6-17-15(7-11)13(10-20)9-19(17)23(21,22)14-4-5-16(18)12(2)8-14/h3-9,20H,10H2,1-2H3. The van der Waals surface area contributed by atoms with Crippen LogP contribution in [-0.4, -0.2) is 17.5 Å². The second-order valence-electron chi connectivity index (χ2n) is 5.54. The lowest BCUT2D eigenvalue weighted by Gasteiger charge is -2.09. The van der Waals surface area contributed by atoms with Gasteiger partial charge in [0.05, 0.1) is 17.0 Å². The van der Waals surface area contributed by atoms with Crippen LogP contribution >= 0.6 is 11.6 Å². The summed E-state index contributed by atoms with van der Waals surface area (Å²) in [5.74, 6) is 0. The number of aryl methyl sites for hydroxylation is 2. The molecule has 0 bridgehead atoms. The van der Waals surface area contributed by atoms with Crippen LogP contribution in [0, 0.1) is 13.8 Å². The van der Waals surface area contributed by atoms with E-state index in [0.717, 1.165) is 10.9 Å². The van der Waals surface area contributed by atoms with Crippen molar-refractivity contribution in [2.24, 2.45) is 0 Å². The number of fused-ring (bicyclic) bond motifs is 1. The van der Waals surface area contributed by atoms with E-state index in [4.69, 9.17) is 11.6 Å². The van der Waals surface area contributed by atoms with Gasteiger partial charge in [-0.3, -0.25) is 0 Å². The average Bonchev–Trinajstić information content (AvgIpc) is 2.88. The zero-order chi connectivity index (χ0) is 16.8. The predicted octanol–water partition coefficient (Wildman–Crippen LogP) is 3.64. The molecule has 120 valence electrons. The Kier molecular flexibility index (Phi) is 3.96. The molecular formula is C17H16ClNO3S. The Bertz CT molecular complexity index is 1010. The Morgan fingerprint density at radius 1 is 1.13 bits per heavy atom. The molecular weight excluding hydrogens is 334 g/mol. The van der Waals surface area contributed by atoms with Crippen molar-refractivity contribution in [3.05, 3.63) is 64.3 Å². The van der Waals surface area contributed by atoms with E-state index in [0.29, 0.717) is 21.7 Å². The quantitative estimate of drug-likeness (QED) is 0.785. The molecule has 0 unspecified atom stereocenters. The lowest BCUT2D eigenvalue weighted by atomic mass is 10.1. The molecule has 3 aromatic rings. The summed E-state index contributed by atoms with van der Waals surface area (Å²) < 4.78 is 27.1. The van der Waals surface area contributed by atoms with Crippen molar-refractivity contribution in [1.29, 1.82) is 0 Å². The lowest BCUT2D eigenvalue weighted by Crippen LogP contribution is -2.12.